The minimum Gasteiger partial charge on any atom is -0.490 e. The molecule has 0 amide bonds. The number of carbonyl (C=O) groups is 1. The molecule has 0 spiro atoms. The number of para-hydroxylation sites is 1. The molecule has 0 aliphatic heterocycles. The van der Waals surface area contributed by atoms with E-state index in [0.29, 0.717) is 5.56 Å². The predicted octanol–water partition coefficient (Wildman–Crippen LogP) is 2.63. The lowest BCUT2D eigenvalue weighted by Crippen LogP contribution is -2.12. The minimum absolute atomic E-state index is 0.112. The summed E-state index contributed by atoms with van der Waals surface area (Å²) in [5.74, 6) is 0.236. The van der Waals surface area contributed by atoms with Gasteiger partial charge in [-0.15, -0.1) is 0 Å². The van der Waals surface area contributed by atoms with E-state index < -0.39 is 15.8 Å². The van der Waals surface area contributed by atoms with E-state index in [9.17, 15) is 13.2 Å². The number of sulfone groups is 1. The Kier molecular flexibility index (Phi) is 5.39. The van der Waals surface area contributed by atoms with Crippen LogP contribution < -0.4 is 4.74 Å². The van der Waals surface area contributed by atoms with Crippen molar-refractivity contribution in [1.82, 2.24) is 0 Å². The Labute approximate surface area is 135 Å². The van der Waals surface area contributed by atoms with Gasteiger partial charge in [0.05, 0.1) is 10.5 Å². The summed E-state index contributed by atoms with van der Waals surface area (Å²) in [6.07, 6.45) is 1.11. The second-order valence-electron chi connectivity index (χ2n) is 5.05. The molecular formula is C17H18O5S. The molecule has 0 saturated heterocycles. The number of esters is 1. The Morgan fingerprint density at radius 2 is 1.65 bits per heavy atom. The largest absolute Gasteiger partial charge is 0.490 e. The highest BCUT2D eigenvalue weighted by Crippen LogP contribution is 2.16. The highest BCUT2D eigenvalue weighted by Gasteiger charge is 2.11. The van der Waals surface area contributed by atoms with Crippen molar-refractivity contribution in [3.8, 4) is 5.75 Å². The van der Waals surface area contributed by atoms with Gasteiger partial charge in [0.15, 0.2) is 9.84 Å². The van der Waals surface area contributed by atoms with Gasteiger partial charge >= 0.3 is 5.97 Å². The van der Waals surface area contributed by atoms with E-state index in [-0.39, 0.29) is 18.1 Å². The Bertz CT molecular complexity index is 779. The summed E-state index contributed by atoms with van der Waals surface area (Å²) in [6, 6.07) is 13.2. The second-order valence-corrected chi connectivity index (χ2v) is 7.06. The van der Waals surface area contributed by atoms with Gasteiger partial charge < -0.3 is 9.47 Å². The molecule has 0 bridgehead atoms. The zero-order chi connectivity index (χ0) is 16.9. The smallest absolute Gasteiger partial charge is 0.338 e. The van der Waals surface area contributed by atoms with Crippen molar-refractivity contribution in [2.45, 2.75) is 11.8 Å². The zero-order valence-electron chi connectivity index (χ0n) is 13.0. The third-order valence-corrected chi connectivity index (χ3v) is 4.31. The lowest BCUT2D eigenvalue weighted by molar-refractivity contribution is 0.0450. The predicted molar refractivity (Wildman–Crippen MR) is 86.5 cm³/mol. The van der Waals surface area contributed by atoms with E-state index in [1.807, 2.05) is 31.2 Å². The molecule has 0 fully saturated rings. The van der Waals surface area contributed by atoms with Gasteiger partial charge in [-0.2, -0.15) is 0 Å². The van der Waals surface area contributed by atoms with E-state index in [0.717, 1.165) is 17.6 Å². The lowest BCUT2D eigenvalue weighted by Gasteiger charge is -2.09. The summed E-state index contributed by atoms with van der Waals surface area (Å²) < 4.78 is 33.3. The maximum absolute atomic E-state index is 11.9. The topological polar surface area (TPSA) is 69.7 Å². The van der Waals surface area contributed by atoms with Crippen LogP contribution in [0.1, 0.15) is 15.9 Å². The summed E-state index contributed by atoms with van der Waals surface area (Å²) in [6.45, 7) is 2.30. The van der Waals surface area contributed by atoms with Crippen molar-refractivity contribution in [1.29, 1.82) is 0 Å². The van der Waals surface area contributed by atoms with Crippen LogP contribution in [0.15, 0.2) is 53.4 Å². The Morgan fingerprint density at radius 3 is 2.26 bits per heavy atom. The van der Waals surface area contributed by atoms with Crippen LogP contribution in [0.25, 0.3) is 0 Å². The van der Waals surface area contributed by atoms with Gasteiger partial charge in [-0.25, -0.2) is 13.2 Å². The highest BCUT2D eigenvalue weighted by atomic mass is 32.2. The number of benzene rings is 2. The van der Waals surface area contributed by atoms with E-state index in [1.165, 1.54) is 24.3 Å². The van der Waals surface area contributed by atoms with Gasteiger partial charge in [-0.3, -0.25) is 0 Å². The molecule has 23 heavy (non-hydrogen) atoms. The molecule has 0 aliphatic rings. The number of rotatable bonds is 6. The van der Waals surface area contributed by atoms with Gasteiger partial charge in [0, 0.05) is 6.26 Å². The molecule has 0 N–H and O–H groups in total. The van der Waals surface area contributed by atoms with Crippen LogP contribution in [0.5, 0.6) is 5.75 Å². The van der Waals surface area contributed by atoms with Crippen molar-refractivity contribution in [2.75, 3.05) is 19.5 Å². The van der Waals surface area contributed by atoms with E-state index in [1.54, 1.807) is 0 Å². The molecular weight excluding hydrogens is 316 g/mol. The molecule has 0 heterocycles. The molecule has 122 valence electrons. The van der Waals surface area contributed by atoms with Crippen LogP contribution in [-0.2, 0) is 14.6 Å². The van der Waals surface area contributed by atoms with Crippen molar-refractivity contribution >= 4 is 15.8 Å². The number of hydrogen-bond acceptors (Lipinski definition) is 5. The summed E-state index contributed by atoms with van der Waals surface area (Å²) in [5, 5.41) is 0. The Morgan fingerprint density at radius 1 is 1.00 bits per heavy atom. The number of hydrogen-bond donors (Lipinski definition) is 0. The molecule has 0 saturated carbocycles. The van der Waals surface area contributed by atoms with Gasteiger partial charge in [0.2, 0.25) is 0 Å². The molecule has 2 aromatic carbocycles. The normalized spacial score (nSPS) is 11.0. The summed E-state index contributed by atoms with van der Waals surface area (Å²) >= 11 is 0. The Balaban J connectivity index is 1.84. The van der Waals surface area contributed by atoms with E-state index in [2.05, 4.69) is 0 Å². The van der Waals surface area contributed by atoms with Gasteiger partial charge in [0.25, 0.3) is 0 Å². The first-order chi connectivity index (χ1) is 10.9. The Hall–Kier alpha value is -2.34. The van der Waals surface area contributed by atoms with Crippen LogP contribution in [0.2, 0.25) is 0 Å². The summed E-state index contributed by atoms with van der Waals surface area (Å²) in [7, 11) is -3.27. The van der Waals surface area contributed by atoms with Crippen molar-refractivity contribution < 1.29 is 22.7 Å². The van der Waals surface area contributed by atoms with E-state index in [4.69, 9.17) is 9.47 Å². The maximum Gasteiger partial charge on any atom is 0.338 e. The molecule has 5 nitrogen and oxygen atoms in total. The summed E-state index contributed by atoms with van der Waals surface area (Å²) in [5.41, 5.74) is 1.31. The van der Waals surface area contributed by atoms with Crippen molar-refractivity contribution in [2.24, 2.45) is 0 Å². The molecule has 6 heteroatoms. The van der Waals surface area contributed by atoms with Crippen LogP contribution in [0.3, 0.4) is 0 Å². The van der Waals surface area contributed by atoms with E-state index >= 15 is 0 Å². The first-order valence-corrected chi connectivity index (χ1v) is 8.93. The first kappa shape index (κ1) is 17.0. The molecule has 0 atom stereocenters. The van der Waals surface area contributed by atoms with Gasteiger partial charge in [-0.05, 0) is 42.8 Å². The first-order valence-electron chi connectivity index (χ1n) is 7.03. The lowest BCUT2D eigenvalue weighted by atomic mass is 10.2. The van der Waals surface area contributed by atoms with Crippen molar-refractivity contribution in [3.63, 3.8) is 0 Å². The molecule has 0 aromatic heterocycles. The molecule has 2 aromatic rings. The number of aryl methyl sites for hydroxylation is 1. The molecule has 0 radical (unpaired) electrons. The van der Waals surface area contributed by atoms with Crippen LogP contribution in [-0.4, -0.2) is 33.9 Å². The number of carbonyl (C=O) groups excluding carboxylic acids is 1. The fourth-order valence-corrected chi connectivity index (χ4v) is 2.56. The number of ether oxygens (including phenoxy) is 2. The maximum atomic E-state index is 11.9. The SMILES string of the molecule is Cc1ccccc1OCCOC(=O)c1ccc(S(C)(=O)=O)cc1. The quantitative estimate of drug-likeness (QED) is 0.600. The molecule has 2 rings (SSSR count). The van der Waals surface area contributed by atoms with Gasteiger partial charge in [0.1, 0.15) is 19.0 Å². The monoisotopic (exact) mass is 334 g/mol. The van der Waals surface area contributed by atoms with Gasteiger partial charge in [-0.1, -0.05) is 18.2 Å². The zero-order valence-corrected chi connectivity index (χ0v) is 13.8. The standard InChI is InChI=1S/C17H18O5S/c1-13-5-3-4-6-16(13)21-11-12-22-17(18)14-7-9-15(10-8-14)23(2,19)20/h3-10H,11-12H2,1-2H3. The molecule has 0 aliphatic carbocycles. The van der Waals surface area contributed by atoms with Crippen LogP contribution in [0, 0.1) is 6.92 Å². The fraction of sp³-hybridized carbons (Fsp3) is 0.235. The second kappa shape index (κ2) is 7.28. The fourth-order valence-electron chi connectivity index (χ4n) is 1.93. The van der Waals surface area contributed by atoms with Crippen LogP contribution >= 0.6 is 0 Å². The average molecular weight is 334 g/mol. The highest BCUT2D eigenvalue weighted by molar-refractivity contribution is 7.90. The minimum atomic E-state index is -3.27. The van der Waals surface area contributed by atoms with Crippen LogP contribution in [0.4, 0.5) is 0 Å². The third kappa shape index (κ3) is 4.82. The summed E-state index contributed by atoms with van der Waals surface area (Å²) in [4.78, 5) is 12.0. The third-order valence-electron chi connectivity index (χ3n) is 3.19. The van der Waals surface area contributed by atoms with Crippen molar-refractivity contribution in [3.05, 3.63) is 59.7 Å². The average Bonchev–Trinajstić information content (AvgIpc) is 2.52. The molecule has 0 unspecified atom stereocenters.